The van der Waals surface area contributed by atoms with Gasteiger partial charge >= 0.3 is 0 Å². The van der Waals surface area contributed by atoms with Crippen molar-refractivity contribution in [1.29, 1.82) is 0 Å². The topological polar surface area (TPSA) is 117 Å². The lowest BCUT2D eigenvalue weighted by molar-refractivity contribution is -0.120. The van der Waals surface area contributed by atoms with Crippen LogP contribution in [0.5, 0.6) is 0 Å². The first-order valence-corrected chi connectivity index (χ1v) is 16.4. The van der Waals surface area contributed by atoms with E-state index in [-0.39, 0.29) is 17.7 Å². The first kappa shape index (κ1) is 29.6. The number of aromatic amines is 1. The molecule has 4 N–H and O–H groups in total. The van der Waals surface area contributed by atoms with Crippen molar-refractivity contribution < 1.29 is 9.59 Å². The second kappa shape index (κ2) is 13.5. The van der Waals surface area contributed by atoms with Gasteiger partial charge in [0.1, 0.15) is 11.7 Å². The van der Waals surface area contributed by atoms with Crippen LogP contribution in [-0.4, -0.2) is 50.9 Å². The Balaban J connectivity index is 1.27. The number of rotatable bonds is 10. The minimum atomic E-state index is -0.606. The number of amides is 2. The van der Waals surface area contributed by atoms with Crippen LogP contribution in [0, 0.1) is 37.5 Å². The zero-order valence-corrected chi connectivity index (χ0v) is 25.7. The molecule has 2 aliphatic carbocycles. The summed E-state index contributed by atoms with van der Waals surface area (Å²) in [5.74, 6) is 1.14. The molecule has 2 amide bonds. The van der Waals surface area contributed by atoms with Crippen molar-refractivity contribution in [3.05, 3.63) is 53.6 Å². The van der Waals surface area contributed by atoms with E-state index in [4.69, 9.17) is 0 Å². The summed E-state index contributed by atoms with van der Waals surface area (Å²) >= 11 is 0. The summed E-state index contributed by atoms with van der Waals surface area (Å²) in [5, 5.41) is 21.6. The minimum absolute atomic E-state index is 0.118. The number of hydrogen-bond acceptors (Lipinski definition) is 5. The number of benzene rings is 1. The van der Waals surface area contributed by atoms with Gasteiger partial charge in [0.15, 0.2) is 0 Å². The van der Waals surface area contributed by atoms with Crippen LogP contribution in [0.25, 0.3) is 11.1 Å². The van der Waals surface area contributed by atoms with Crippen LogP contribution in [0.1, 0.15) is 86.1 Å². The number of hydrogen-bond donors (Lipinski definition) is 4. The van der Waals surface area contributed by atoms with Gasteiger partial charge < -0.3 is 16.0 Å². The van der Waals surface area contributed by atoms with Gasteiger partial charge in [0.05, 0.1) is 5.69 Å². The van der Waals surface area contributed by atoms with Crippen LogP contribution in [0.15, 0.2) is 36.5 Å². The molecular formula is C34H47N7O2. The second-order valence-electron chi connectivity index (χ2n) is 13.1. The summed E-state index contributed by atoms with van der Waals surface area (Å²) in [7, 11) is 0. The van der Waals surface area contributed by atoms with E-state index in [1.165, 1.54) is 38.5 Å². The Hall–Kier alpha value is -3.46. The molecule has 2 aromatic heterocycles. The molecule has 6 rings (SSSR count). The summed E-state index contributed by atoms with van der Waals surface area (Å²) in [6, 6.07) is 9.14. The molecule has 3 aliphatic rings. The Morgan fingerprint density at radius 2 is 1.58 bits per heavy atom. The van der Waals surface area contributed by atoms with Crippen LogP contribution >= 0.6 is 0 Å². The SMILES string of the molecule is Cc1n[nH]c(C)c1-c1ccc(NC(=O)C(NC(=O)c2ccnn2CC2CNC2)C(C2CCCCC2)C2CCCCC2)cc1. The van der Waals surface area contributed by atoms with Crippen LogP contribution in [0.2, 0.25) is 0 Å². The highest BCUT2D eigenvalue weighted by atomic mass is 16.2. The fourth-order valence-electron chi connectivity index (χ4n) is 7.83. The molecule has 0 spiro atoms. The Morgan fingerprint density at radius 1 is 0.930 bits per heavy atom. The van der Waals surface area contributed by atoms with Crippen molar-refractivity contribution >= 4 is 17.5 Å². The van der Waals surface area contributed by atoms with Gasteiger partial charge in [-0.25, -0.2) is 0 Å². The van der Waals surface area contributed by atoms with Crippen LogP contribution in [0.3, 0.4) is 0 Å². The lowest BCUT2D eigenvalue weighted by Crippen LogP contribution is -2.53. The van der Waals surface area contributed by atoms with Crippen LogP contribution < -0.4 is 16.0 Å². The van der Waals surface area contributed by atoms with E-state index in [2.05, 4.69) is 31.2 Å². The van der Waals surface area contributed by atoms with Gasteiger partial charge in [-0.2, -0.15) is 10.2 Å². The molecule has 1 atom stereocenters. The first-order valence-electron chi connectivity index (χ1n) is 16.4. The van der Waals surface area contributed by atoms with Gasteiger partial charge in [0.2, 0.25) is 5.91 Å². The summed E-state index contributed by atoms with van der Waals surface area (Å²) in [6.45, 7) is 6.60. The van der Waals surface area contributed by atoms with Crippen LogP contribution in [0.4, 0.5) is 5.69 Å². The monoisotopic (exact) mass is 585 g/mol. The third-order valence-corrected chi connectivity index (χ3v) is 10.2. The fourth-order valence-corrected chi connectivity index (χ4v) is 7.83. The molecule has 0 bridgehead atoms. The first-order chi connectivity index (χ1) is 21.0. The van der Waals surface area contributed by atoms with Crippen molar-refractivity contribution in [1.82, 2.24) is 30.6 Å². The highest BCUT2D eigenvalue weighted by molar-refractivity contribution is 6.00. The summed E-state index contributed by atoms with van der Waals surface area (Å²) < 4.78 is 1.81. The molecule has 3 fully saturated rings. The summed E-state index contributed by atoms with van der Waals surface area (Å²) in [6.07, 6.45) is 13.5. The van der Waals surface area contributed by atoms with Gasteiger partial charge in [0.25, 0.3) is 5.91 Å². The Morgan fingerprint density at radius 3 is 2.14 bits per heavy atom. The number of aryl methyl sites for hydroxylation is 2. The Kier molecular flexibility index (Phi) is 9.26. The molecule has 3 heterocycles. The highest BCUT2D eigenvalue weighted by Crippen LogP contribution is 2.42. The van der Waals surface area contributed by atoms with Gasteiger partial charge in [-0.3, -0.25) is 19.4 Å². The van der Waals surface area contributed by atoms with Gasteiger partial charge in [0, 0.05) is 48.7 Å². The number of nitrogens with zero attached hydrogens (tertiary/aromatic N) is 3. The molecular weight excluding hydrogens is 538 g/mol. The van der Waals surface area contributed by atoms with Gasteiger partial charge in [-0.15, -0.1) is 0 Å². The summed E-state index contributed by atoms with van der Waals surface area (Å²) in [4.78, 5) is 28.2. The molecule has 9 nitrogen and oxygen atoms in total. The van der Waals surface area contributed by atoms with E-state index in [1.807, 2.05) is 42.8 Å². The number of aromatic nitrogens is 4. The molecule has 9 heteroatoms. The van der Waals surface area contributed by atoms with E-state index in [0.717, 1.165) is 67.0 Å². The lowest BCUT2D eigenvalue weighted by Gasteiger charge is -2.42. The second-order valence-corrected chi connectivity index (χ2v) is 13.1. The number of H-pyrrole nitrogens is 1. The molecule has 230 valence electrons. The maximum Gasteiger partial charge on any atom is 0.270 e. The minimum Gasteiger partial charge on any atom is -0.339 e. The van der Waals surface area contributed by atoms with E-state index < -0.39 is 6.04 Å². The summed E-state index contributed by atoms with van der Waals surface area (Å²) in [5.41, 5.74) is 5.39. The normalized spacial score (nSPS) is 19.2. The third-order valence-electron chi connectivity index (χ3n) is 10.2. The molecule has 43 heavy (non-hydrogen) atoms. The maximum atomic E-state index is 14.3. The van der Waals surface area contributed by atoms with Crippen molar-refractivity contribution in [3.63, 3.8) is 0 Å². The molecule has 1 aromatic carbocycles. The van der Waals surface area contributed by atoms with Crippen molar-refractivity contribution in [2.75, 3.05) is 18.4 Å². The Labute approximate surface area is 255 Å². The maximum absolute atomic E-state index is 14.3. The van der Waals surface area contributed by atoms with Gasteiger partial charge in [-0.1, -0.05) is 76.3 Å². The third kappa shape index (κ3) is 6.71. The standard InChI is InChI=1S/C34H47N7O2/c1-22-30(23(2)40-39-22)27-13-15-28(16-14-27)37-34(43)32(31(25-9-5-3-6-10-25)26-11-7-4-8-12-26)38-33(42)29-17-18-36-41(29)21-24-19-35-20-24/h13-18,24-26,31-32,35H,3-12,19-21H2,1-2H3,(H,37,43)(H,38,42)(H,39,40). The average molecular weight is 586 g/mol. The van der Waals surface area contributed by atoms with E-state index in [0.29, 0.717) is 30.0 Å². The molecule has 0 radical (unpaired) electrons. The van der Waals surface area contributed by atoms with Crippen LogP contribution in [-0.2, 0) is 11.3 Å². The molecule has 1 aliphatic heterocycles. The predicted molar refractivity (Wildman–Crippen MR) is 169 cm³/mol. The molecule has 3 aromatic rings. The average Bonchev–Trinajstić information content (AvgIpc) is 3.61. The smallest absolute Gasteiger partial charge is 0.270 e. The largest absolute Gasteiger partial charge is 0.339 e. The number of anilines is 1. The van der Waals surface area contributed by atoms with E-state index >= 15 is 0 Å². The molecule has 2 saturated carbocycles. The predicted octanol–water partition coefficient (Wildman–Crippen LogP) is 5.62. The molecule has 1 saturated heterocycles. The quantitative estimate of drug-likeness (QED) is 0.246. The molecule has 1 unspecified atom stereocenters. The number of carbonyl (C=O) groups excluding carboxylic acids is 2. The zero-order chi connectivity index (χ0) is 29.8. The van der Waals surface area contributed by atoms with Crippen molar-refractivity contribution in [2.24, 2.45) is 23.7 Å². The van der Waals surface area contributed by atoms with E-state index in [9.17, 15) is 9.59 Å². The number of nitrogens with one attached hydrogen (secondary N) is 4. The number of carbonyl (C=O) groups is 2. The lowest BCUT2D eigenvalue weighted by atomic mass is 9.66. The van der Waals surface area contributed by atoms with Crippen molar-refractivity contribution in [2.45, 2.75) is 90.6 Å². The fraction of sp³-hybridized carbons (Fsp3) is 0.588. The van der Waals surface area contributed by atoms with Gasteiger partial charge in [-0.05, 0) is 55.4 Å². The zero-order valence-electron chi connectivity index (χ0n) is 25.7. The van der Waals surface area contributed by atoms with E-state index in [1.54, 1.807) is 12.3 Å². The Bertz CT molecular complexity index is 1340. The highest BCUT2D eigenvalue weighted by Gasteiger charge is 2.41. The van der Waals surface area contributed by atoms with Crippen molar-refractivity contribution in [3.8, 4) is 11.1 Å².